The first-order valence-electron chi connectivity index (χ1n) is 6.57. The first-order chi connectivity index (χ1) is 11.2. The van der Waals surface area contributed by atoms with Crippen molar-refractivity contribution in [3.8, 4) is 0 Å². The highest BCUT2D eigenvalue weighted by molar-refractivity contribution is 7.51. The van der Waals surface area contributed by atoms with Gasteiger partial charge in [0.2, 0.25) is 5.95 Å². The molecule has 3 heterocycles. The molecule has 0 saturated carbocycles. The van der Waals surface area contributed by atoms with Crippen LogP contribution < -0.4 is 11.3 Å². The molecule has 132 valence electrons. The predicted octanol–water partition coefficient (Wildman–Crippen LogP) is -2.57. The van der Waals surface area contributed by atoms with Crippen LogP contribution in [0.4, 0.5) is 5.95 Å². The lowest BCUT2D eigenvalue weighted by Crippen LogP contribution is -2.33. The number of rotatable bonds is 4. The maximum atomic E-state index is 11.7. The van der Waals surface area contributed by atoms with Crippen LogP contribution in [0, 0.1) is 0 Å². The quantitative estimate of drug-likeness (QED) is 0.311. The molecule has 0 spiro atoms. The second kappa shape index (κ2) is 5.89. The van der Waals surface area contributed by atoms with Crippen molar-refractivity contribution in [2.75, 3.05) is 12.1 Å². The summed E-state index contributed by atoms with van der Waals surface area (Å²) < 4.78 is 22.1. The number of anilines is 1. The second-order valence-electron chi connectivity index (χ2n) is 5.11. The Morgan fingerprint density at radius 2 is 2.12 bits per heavy atom. The third-order valence-corrected chi connectivity index (χ3v) is 3.81. The van der Waals surface area contributed by atoms with Crippen LogP contribution in [0.3, 0.4) is 0 Å². The molecule has 1 aliphatic heterocycles. The summed E-state index contributed by atoms with van der Waals surface area (Å²) in [6.07, 6.45) is -5.69. The Bertz CT molecular complexity index is 861. The van der Waals surface area contributed by atoms with Crippen molar-refractivity contribution in [1.82, 2.24) is 19.5 Å². The Hall–Kier alpha value is -1.86. The van der Waals surface area contributed by atoms with Crippen LogP contribution in [-0.4, -0.2) is 64.4 Å². The fourth-order valence-corrected chi connectivity index (χ4v) is 2.64. The first-order valence-corrected chi connectivity index (χ1v) is 8.37. The molecule has 0 amide bonds. The number of fused-ring (bicyclic) bond motifs is 1. The van der Waals surface area contributed by atoms with Crippen LogP contribution in [0.1, 0.15) is 6.23 Å². The summed E-state index contributed by atoms with van der Waals surface area (Å²) in [6.45, 7) is 0. The molecule has 4 atom stereocenters. The minimum atomic E-state index is -4.48. The summed E-state index contributed by atoms with van der Waals surface area (Å²) in [4.78, 5) is 39.3. The van der Waals surface area contributed by atoms with Gasteiger partial charge < -0.3 is 35.2 Å². The normalized spacial score (nSPS) is 27.8. The third-order valence-electron chi connectivity index (χ3n) is 3.33. The van der Waals surface area contributed by atoms with E-state index in [-0.39, 0.29) is 17.1 Å². The van der Waals surface area contributed by atoms with Crippen molar-refractivity contribution in [2.45, 2.75) is 24.7 Å². The second-order valence-corrected chi connectivity index (χ2v) is 6.70. The number of ether oxygens (including phenoxy) is 2. The predicted molar refractivity (Wildman–Crippen MR) is 76.5 cm³/mol. The Morgan fingerprint density at radius 3 is 2.79 bits per heavy atom. The first kappa shape index (κ1) is 17.0. The zero-order valence-corrected chi connectivity index (χ0v) is 12.8. The zero-order chi connectivity index (χ0) is 17.6. The average Bonchev–Trinajstić information content (AvgIpc) is 3.00. The summed E-state index contributed by atoms with van der Waals surface area (Å²) in [7, 11) is -4.48. The van der Waals surface area contributed by atoms with Gasteiger partial charge in [0.15, 0.2) is 30.0 Å². The van der Waals surface area contributed by atoms with E-state index in [4.69, 9.17) is 25.0 Å². The van der Waals surface area contributed by atoms with E-state index in [9.17, 15) is 19.6 Å². The summed E-state index contributed by atoms with van der Waals surface area (Å²) in [5, 5.41) is 20.0. The van der Waals surface area contributed by atoms with E-state index in [1.165, 1.54) is 0 Å². The molecule has 3 rings (SSSR count). The van der Waals surface area contributed by atoms with Gasteiger partial charge in [-0.15, -0.1) is 0 Å². The van der Waals surface area contributed by atoms with E-state index in [1.54, 1.807) is 0 Å². The minimum Gasteiger partial charge on any atom is -0.385 e. The largest absolute Gasteiger partial charge is 0.385 e. The van der Waals surface area contributed by atoms with Crippen LogP contribution >= 0.6 is 7.60 Å². The number of nitrogens with two attached hydrogens (primary N) is 1. The van der Waals surface area contributed by atoms with Gasteiger partial charge in [0.05, 0.1) is 6.33 Å². The fourth-order valence-electron chi connectivity index (χ4n) is 2.30. The zero-order valence-electron chi connectivity index (χ0n) is 11.9. The number of nitrogens with one attached hydrogen (secondary N) is 1. The molecule has 13 nitrogen and oxygen atoms in total. The Balaban J connectivity index is 1.90. The van der Waals surface area contributed by atoms with E-state index >= 15 is 0 Å². The number of hydrogen-bond donors (Lipinski definition) is 6. The number of aliphatic hydroxyl groups excluding tert-OH is 2. The van der Waals surface area contributed by atoms with Gasteiger partial charge in [0, 0.05) is 0 Å². The van der Waals surface area contributed by atoms with Crippen molar-refractivity contribution < 1.29 is 34.0 Å². The van der Waals surface area contributed by atoms with Crippen molar-refractivity contribution in [3.63, 3.8) is 0 Å². The monoisotopic (exact) mass is 363 g/mol. The highest BCUT2D eigenvalue weighted by Crippen LogP contribution is 2.37. The number of nitrogen functional groups attached to an aromatic ring is 1. The van der Waals surface area contributed by atoms with E-state index in [0.29, 0.717) is 0 Å². The van der Waals surface area contributed by atoms with E-state index in [0.717, 1.165) is 10.9 Å². The number of aromatic amines is 1. The molecular formula is C10H14N5O8P. The van der Waals surface area contributed by atoms with Crippen LogP contribution in [0.5, 0.6) is 0 Å². The lowest BCUT2D eigenvalue weighted by Gasteiger charge is -2.16. The van der Waals surface area contributed by atoms with Crippen LogP contribution in [0.15, 0.2) is 11.1 Å². The number of H-pyrrole nitrogens is 1. The van der Waals surface area contributed by atoms with Crippen molar-refractivity contribution in [2.24, 2.45) is 0 Å². The molecule has 24 heavy (non-hydrogen) atoms. The average molecular weight is 363 g/mol. The van der Waals surface area contributed by atoms with E-state index < -0.39 is 44.2 Å². The number of imidazole rings is 1. The molecule has 14 heteroatoms. The molecule has 0 aliphatic carbocycles. The van der Waals surface area contributed by atoms with Gasteiger partial charge in [-0.1, -0.05) is 0 Å². The van der Waals surface area contributed by atoms with Crippen LogP contribution in [0.25, 0.3) is 11.2 Å². The summed E-state index contributed by atoms with van der Waals surface area (Å²) in [5.41, 5.74) is 4.81. The Kier molecular flexibility index (Phi) is 4.17. The van der Waals surface area contributed by atoms with E-state index in [1.807, 2.05) is 0 Å². The highest BCUT2D eigenvalue weighted by Gasteiger charge is 2.45. The smallest absolute Gasteiger partial charge is 0.351 e. The molecule has 2 aromatic heterocycles. The standard InChI is InChI=1S/C10H14N5O8P/c11-10-13-6-3(7(18)14-10)12-1-15(6)8-4(16)5(17)9(23-8)22-2-24(19,20)21/h1,4-5,8-9,16-17H,2H2,(H2,19,20,21)(H3,11,13,14,18)/t4-,5+,8-,9+/m1/s1. The van der Waals surface area contributed by atoms with Crippen molar-refractivity contribution in [3.05, 3.63) is 16.7 Å². The molecule has 0 radical (unpaired) electrons. The molecule has 7 N–H and O–H groups in total. The Labute approximate surface area is 132 Å². The van der Waals surface area contributed by atoms with Gasteiger partial charge in [-0.25, -0.2) is 4.98 Å². The summed E-state index contributed by atoms with van der Waals surface area (Å²) >= 11 is 0. The molecular weight excluding hydrogens is 349 g/mol. The van der Waals surface area contributed by atoms with Gasteiger partial charge in [-0.2, -0.15) is 4.98 Å². The maximum absolute atomic E-state index is 11.7. The topological polar surface area (TPSA) is 206 Å². The van der Waals surface area contributed by atoms with Crippen molar-refractivity contribution >= 4 is 24.7 Å². The number of hydrogen-bond acceptors (Lipinski definition) is 9. The van der Waals surface area contributed by atoms with Gasteiger partial charge in [0.25, 0.3) is 5.56 Å². The molecule has 0 bridgehead atoms. The van der Waals surface area contributed by atoms with Gasteiger partial charge >= 0.3 is 7.60 Å². The summed E-state index contributed by atoms with van der Waals surface area (Å²) in [6, 6.07) is 0. The van der Waals surface area contributed by atoms with Crippen LogP contribution in [0.2, 0.25) is 0 Å². The fraction of sp³-hybridized carbons (Fsp3) is 0.500. The lowest BCUT2D eigenvalue weighted by atomic mass is 10.2. The van der Waals surface area contributed by atoms with E-state index in [2.05, 4.69) is 15.0 Å². The number of aliphatic hydroxyl groups is 2. The Morgan fingerprint density at radius 1 is 1.42 bits per heavy atom. The SMILES string of the molecule is Nc1nc2c(ncn2[C@@H]2O[C@H](OCP(=O)(O)O)[C@@H](O)[C@H]2O)c(=O)[nH]1. The lowest BCUT2D eigenvalue weighted by molar-refractivity contribution is -0.167. The molecule has 0 aromatic carbocycles. The van der Waals surface area contributed by atoms with Gasteiger partial charge in [0.1, 0.15) is 12.2 Å². The molecule has 1 fully saturated rings. The number of nitrogens with zero attached hydrogens (tertiary/aromatic N) is 3. The molecule has 0 unspecified atom stereocenters. The minimum absolute atomic E-state index is 0.00291. The molecule has 1 saturated heterocycles. The highest BCUT2D eigenvalue weighted by atomic mass is 31.2. The van der Waals surface area contributed by atoms with Crippen LogP contribution in [-0.2, 0) is 14.0 Å². The van der Waals surface area contributed by atoms with Crippen molar-refractivity contribution in [1.29, 1.82) is 0 Å². The third kappa shape index (κ3) is 3.06. The molecule has 2 aromatic rings. The van der Waals surface area contributed by atoms with Gasteiger partial charge in [-0.3, -0.25) is 18.9 Å². The number of aromatic nitrogens is 4. The van der Waals surface area contributed by atoms with Gasteiger partial charge in [-0.05, 0) is 0 Å². The molecule has 1 aliphatic rings. The summed E-state index contributed by atoms with van der Waals surface area (Å²) in [5.74, 6) is -0.184. The maximum Gasteiger partial charge on any atom is 0.351 e.